The maximum absolute atomic E-state index is 15.6. The number of anilines is 3. The van der Waals surface area contributed by atoms with Crippen LogP contribution < -0.4 is 20.3 Å². The predicted molar refractivity (Wildman–Crippen MR) is 240 cm³/mol. The quantitative estimate of drug-likeness (QED) is 0.0753. The van der Waals surface area contributed by atoms with E-state index < -0.39 is 64.2 Å². The number of hydrogen-bond acceptors (Lipinski definition) is 13. The zero-order valence-corrected chi connectivity index (χ0v) is 36.9. The summed E-state index contributed by atoms with van der Waals surface area (Å²) in [6.45, 7) is 4.37. The van der Waals surface area contributed by atoms with Crippen molar-refractivity contribution in [3.05, 3.63) is 101 Å². The number of piperazine rings is 1. The van der Waals surface area contributed by atoms with E-state index in [0.717, 1.165) is 22.9 Å². The number of aromatic amines is 1. The summed E-state index contributed by atoms with van der Waals surface area (Å²) in [7, 11) is 1.57. The monoisotopic (exact) mass is 920 g/mol. The number of pyridine rings is 2. The van der Waals surface area contributed by atoms with Crippen LogP contribution in [0.15, 0.2) is 67.1 Å². The molecule has 6 heterocycles. The summed E-state index contributed by atoms with van der Waals surface area (Å²) in [5.74, 6) is -4.66. The van der Waals surface area contributed by atoms with E-state index in [0.29, 0.717) is 86.3 Å². The third-order valence-electron chi connectivity index (χ3n) is 12.9. The molecule has 4 N–H and O–H groups in total. The Labute approximate surface area is 380 Å². The molecule has 1 saturated carbocycles. The first-order valence-corrected chi connectivity index (χ1v) is 22.9. The van der Waals surface area contributed by atoms with Crippen LogP contribution in [0.4, 0.5) is 26.0 Å². The van der Waals surface area contributed by atoms with Crippen molar-refractivity contribution in [1.82, 2.24) is 34.4 Å². The minimum atomic E-state index is -1.81. The average Bonchev–Trinajstić information content (AvgIpc) is 3.87. The van der Waals surface area contributed by atoms with Gasteiger partial charge in [0.2, 0.25) is 23.5 Å². The molecule has 20 heteroatoms. The Morgan fingerprint density at radius 1 is 0.909 bits per heavy atom. The first-order chi connectivity index (χ1) is 31.8. The fraction of sp³-hybridized carbons (Fsp3) is 0.348. The van der Waals surface area contributed by atoms with Crippen molar-refractivity contribution in [1.29, 1.82) is 0 Å². The summed E-state index contributed by atoms with van der Waals surface area (Å²) in [4.78, 5) is 95.5. The van der Waals surface area contributed by atoms with Crippen molar-refractivity contribution in [2.75, 3.05) is 54.7 Å². The summed E-state index contributed by atoms with van der Waals surface area (Å²) in [6, 6.07) is 11.4. The number of H-pyrrole nitrogens is 1. The number of carbonyl (C=O) groups excluding carboxylic acids is 6. The van der Waals surface area contributed by atoms with Crippen LogP contribution in [0.5, 0.6) is 0 Å². The molecule has 1 aliphatic carbocycles. The zero-order valence-electron chi connectivity index (χ0n) is 36.1. The lowest BCUT2D eigenvalue weighted by Gasteiger charge is -2.38. The van der Waals surface area contributed by atoms with E-state index in [1.807, 2.05) is 17.0 Å². The molecule has 4 aliphatic rings. The van der Waals surface area contributed by atoms with Gasteiger partial charge >= 0.3 is 0 Å². The Morgan fingerprint density at radius 3 is 2.38 bits per heavy atom. The molecule has 17 nitrogen and oxygen atoms in total. The van der Waals surface area contributed by atoms with Gasteiger partial charge in [-0.2, -0.15) is 4.72 Å². The van der Waals surface area contributed by atoms with E-state index in [4.69, 9.17) is 4.98 Å². The van der Waals surface area contributed by atoms with Gasteiger partial charge in [-0.15, -0.1) is 4.31 Å². The first kappa shape index (κ1) is 44.4. The van der Waals surface area contributed by atoms with Crippen molar-refractivity contribution >= 4 is 75.1 Å². The lowest BCUT2D eigenvalue weighted by Crippen LogP contribution is -2.54. The Morgan fingerprint density at radius 2 is 1.67 bits per heavy atom. The summed E-state index contributed by atoms with van der Waals surface area (Å²) in [5, 5.41) is 6.01. The third kappa shape index (κ3) is 8.35. The molecule has 5 amide bonds. The molecule has 0 spiro atoms. The maximum atomic E-state index is 15.6. The molecule has 3 fully saturated rings. The molecule has 2 saturated heterocycles. The predicted octanol–water partition coefficient (Wildman–Crippen LogP) is 4.80. The minimum Gasteiger partial charge on any atom is -0.573 e. The van der Waals surface area contributed by atoms with Crippen LogP contribution in [0, 0.1) is 17.6 Å². The molecule has 3 aromatic heterocycles. The summed E-state index contributed by atoms with van der Waals surface area (Å²) in [5.41, 5.74) is 1.55. The van der Waals surface area contributed by atoms with Gasteiger partial charge in [0.25, 0.3) is 11.8 Å². The second-order valence-corrected chi connectivity index (χ2v) is 18.1. The number of ketones is 1. The number of aromatic nitrogens is 3. The fourth-order valence-electron chi connectivity index (χ4n) is 9.11. The molecule has 5 aromatic rings. The maximum Gasteiger partial charge on any atom is 0.264 e. The normalized spacial score (nSPS) is 20.5. The third-order valence-corrected chi connectivity index (χ3v) is 14.1. The van der Waals surface area contributed by atoms with E-state index in [-0.39, 0.29) is 53.1 Å². The topological polar surface area (TPSA) is 216 Å². The second-order valence-electron chi connectivity index (χ2n) is 16.8. The number of nitrogens with zero attached hydrogens (tertiary/aromatic N) is 6. The largest absolute Gasteiger partial charge is 0.573 e. The minimum absolute atomic E-state index is 0.0101. The molecule has 342 valence electrons. The van der Waals surface area contributed by atoms with Gasteiger partial charge < -0.3 is 24.7 Å². The van der Waals surface area contributed by atoms with Gasteiger partial charge in [0.05, 0.1) is 16.7 Å². The van der Waals surface area contributed by atoms with Gasteiger partial charge in [-0.3, -0.25) is 39.0 Å². The highest BCUT2D eigenvalue weighted by atomic mass is 32.2. The zero-order chi connectivity index (χ0) is 46.4. The SMILES string of the molecule is CCN(C)[S+]([O-])Nc1ccc(F)c(C(=O)c2c[nH]c3ncc(-c4ccc(N5CCN(C(=O)C6CCC(Nc7cccc8c7C(=O)N(C7CCC(=O)NC7=O)C8=O)CC6)CC5)nc4)cc23)c1F. The highest BCUT2D eigenvalue weighted by Crippen LogP contribution is 2.36. The van der Waals surface area contributed by atoms with Crippen LogP contribution >= 0.6 is 0 Å². The molecule has 2 aromatic carbocycles. The Kier molecular flexibility index (Phi) is 12.3. The number of imide groups is 2. The Balaban J connectivity index is 0.790. The van der Waals surface area contributed by atoms with E-state index in [9.17, 15) is 33.3 Å². The van der Waals surface area contributed by atoms with E-state index >= 15 is 8.78 Å². The number of fused-ring (bicyclic) bond motifs is 2. The Hall–Kier alpha value is -6.77. The molecule has 2 atom stereocenters. The molecule has 2 unspecified atom stereocenters. The molecule has 0 bridgehead atoms. The van der Waals surface area contributed by atoms with Gasteiger partial charge in [0.1, 0.15) is 29.0 Å². The van der Waals surface area contributed by atoms with Crippen molar-refractivity contribution in [3.8, 4) is 11.1 Å². The molecule has 9 rings (SSSR count). The average molecular weight is 921 g/mol. The number of nitrogens with one attached hydrogen (secondary N) is 4. The molecule has 0 radical (unpaired) electrons. The van der Waals surface area contributed by atoms with Gasteiger partial charge in [0, 0.05) is 105 Å². The number of benzene rings is 2. The Bertz CT molecular complexity index is 2770. The van der Waals surface area contributed by atoms with Crippen molar-refractivity contribution in [2.24, 2.45) is 5.92 Å². The van der Waals surface area contributed by atoms with E-state index in [2.05, 4.69) is 30.2 Å². The van der Waals surface area contributed by atoms with Gasteiger partial charge in [0.15, 0.2) is 17.4 Å². The van der Waals surface area contributed by atoms with Gasteiger partial charge in [-0.25, -0.2) is 18.7 Å². The van der Waals surface area contributed by atoms with Crippen molar-refractivity contribution in [2.45, 2.75) is 57.5 Å². The molecule has 3 aliphatic heterocycles. The summed E-state index contributed by atoms with van der Waals surface area (Å²) >= 11 is -1.81. The van der Waals surface area contributed by atoms with E-state index in [1.165, 1.54) is 10.5 Å². The molecular weight excluding hydrogens is 875 g/mol. The van der Waals surface area contributed by atoms with Crippen LogP contribution in [0.3, 0.4) is 0 Å². The summed E-state index contributed by atoms with van der Waals surface area (Å²) in [6.07, 6.45) is 7.44. The smallest absolute Gasteiger partial charge is 0.264 e. The van der Waals surface area contributed by atoms with Crippen LogP contribution in [0.1, 0.15) is 82.1 Å². The molecular formula is C46H46F2N10O7S. The van der Waals surface area contributed by atoms with Crippen molar-refractivity contribution < 1.29 is 42.1 Å². The number of hydrogen-bond donors (Lipinski definition) is 4. The number of piperidine rings is 1. The van der Waals surface area contributed by atoms with Crippen LogP contribution in [-0.4, -0.2) is 121 Å². The first-order valence-electron chi connectivity index (χ1n) is 21.8. The molecule has 66 heavy (non-hydrogen) atoms. The standard InChI is InChI=1S/C46H46F2N10O7S/c1-3-55(2)66(65)54-34-13-12-32(47)39(40(34)48)41(60)31-24-51-42-30(31)21-27(23-50-42)26-9-15-36(49-22-26)56-17-19-57(20-18-56)44(62)25-7-10-28(11-8-25)52-33-6-4-5-29-38(33)46(64)58(45(29)63)35-14-16-37(59)53-43(35)61/h4-6,9,12-13,15,21-25,28,35,52,54H,3,7-8,10-11,14,16-20H2,1-2H3,(H,50,51)(H,53,59,61). The lowest BCUT2D eigenvalue weighted by atomic mass is 9.84. The summed E-state index contributed by atoms with van der Waals surface area (Å²) < 4.78 is 47.0. The fourth-order valence-corrected chi connectivity index (χ4v) is 9.85. The van der Waals surface area contributed by atoms with Gasteiger partial charge in [-0.1, -0.05) is 6.07 Å². The lowest BCUT2D eigenvalue weighted by molar-refractivity contribution is -0.137. The van der Waals surface area contributed by atoms with Crippen molar-refractivity contribution in [3.63, 3.8) is 0 Å². The van der Waals surface area contributed by atoms with Crippen LogP contribution in [-0.2, 0) is 25.9 Å². The van der Waals surface area contributed by atoms with E-state index in [1.54, 1.807) is 50.6 Å². The number of carbonyl (C=O) groups is 6. The van der Waals surface area contributed by atoms with Gasteiger partial charge in [-0.05, 0) is 81.5 Å². The van der Waals surface area contributed by atoms with Crippen LogP contribution in [0.2, 0.25) is 0 Å². The number of rotatable bonds is 12. The number of halogens is 2. The number of amides is 5. The highest BCUT2D eigenvalue weighted by Gasteiger charge is 2.46. The second kappa shape index (κ2) is 18.2. The highest BCUT2D eigenvalue weighted by molar-refractivity contribution is 7.90. The van der Waals surface area contributed by atoms with Crippen LogP contribution in [0.25, 0.3) is 22.2 Å².